The van der Waals surface area contributed by atoms with Gasteiger partial charge in [0.1, 0.15) is 5.39 Å². The average Bonchev–Trinajstić information content (AvgIpc) is 3.34. The third kappa shape index (κ3) is 3.37. The summed E-state index contributed by atoms with van der Waals surface area (Å²) in [6.45, 7) is 0. The number of fused-ring (bicyclic) bond motifs is 1. The van der Waals surface area contributed by atoms with E-state index in [0.717, 1.165) is 12.8 Å². The Hall–Kier alpha value is -3.79. The molecule has 0 unspecified atom stereocenters. The number of rotatable bonds is 5. The number of amides is 2. The molecule has 3 heterocycles. The Morgan fingerprint density at radius 1 is 1.13 bits per heavy atom. The highest BCUT2D eigenvalue weighted by molar-refractivity contribution is 7.18. The minimum atomic E-state index is -0.304. The van der Waals surface area contributed by atoms with E-state index in [0.29, 0.717) is 32.3 Å². The zero-order valence-electron chi connectivity index (χ0n) is 15.6. The molecule has 0 atom stereocenters. The van der Waals surface area contributed by atoms with Crippen molar-refractivity contribution in [1.29, 1.82) is 0 Å². The summed E-state index contributed by atoms with van der Waals surface area (Å²) in [5.74, 6) is -0.204. The molecule has 0 bridgehead atoms. The predicted octanol–water partition coefficient (Wildman–Crippen LogP) is 2.77. The van der Waals surface area contributed by atoms with Crippen LogP contribution in [0.15, 0.2) is 53.7 Å². The topological polar surface area (TPSA) is 122 Å². The van der Waals surface area contributed by atoms with Crippen LogP contribution in [-0.4, -0.2) is 31.6 Å². The SMILES string of the molecule is O=C(Nc1ccccc1-n1ncc2c(=O)[nH]cnc21)c1ccc(NC(=O)C2CC2)s1. The number of carbonyl (C=O) groups is 2. The van der Waals surface area contributed by atoms with Gasteiger partial charge in [-0.05, 0) is 37.1 Å². The highest BCUT2D eigenvalue weighted by Gasteiger charge is 2.30. The second kappa shape index (κ2) is 7.23. The molecule has 2 amide bonds. The Morgan fingerprint density at radius 2 is 1.97 bits per heavy atom. The molecular formula is C20H16N6O3S. The lowest BCUT2D eigenvalue weighted by Gasteiger charge is -2.11. The van der Waals surface area contributed by atoms with E-state index in [2.05, 4.69) is 25.7 Å². The number of aromatic amines is 1. The molecule has 150 valence electrons. The highest BCUT2D eigenvalue weighted by atomic mass is 32.1. The standard InChI is InChI=1S/C20H16N6O3S/c27-18(11-5-6-11)25-16-8-7-15(30-16)20(29)24-13-3-1-2-4-14(13)26-17-12(9-23-26)19(28)22-10-21-17/h1-4,7-11H,5-6H2,(H,24,29)(H,25,27)(H,21,22,28). The van der Waals surface area contributed by atoms with Crippen LogP contribution in [-0.2, 0) is 4.79 Å². The summed E-state index contributed by atoms with van der Waals surface area (Å²) in [4.78, 5) is 43.8. The van der Waals surface area contributed by atoms with Crippen molar-refractivity contribution in [3.63, 3.8) is 0 Å². The van der Waals surface area contributed by atoms with Crippen LogP contribution in [0.25, 0.3) is 16.7 Å². The van der Waals surface area contributed by atoms with Crippen molar-refractivity contribution in [1.82, 2.24) is 19.7 Å². The van der Waals surface area contributed by atoms with Gasteiger partial charge in [0.25, 0.3) is 11.5 Å². The summed E-state index contributed by atoms with van der Waals surface area (Å²) in [5, 5.41) is 11.0. The molecular weight excluding hydrogens is 404 g/mol. The fourth-order valence-electron chi connectivity index (χ4n) is 3.08. The van der Waals surface area contributed by atoms with Crippen molar-refractivity contribution in [2.45, 2.75) is 12.8 Å². The largest absolute Gasteiger partial charge is 0.319 e. The van der Waals surface area contributed by atoms with Gasteiger partial charge in [-0.25, -0.2) is 9.67 Å². The lowest BCUT2D eigenvalue weighted by atomic mass is 10.2. The van der Waals surface area contributed by atoms with Crippen molar-refractivity contribution < 1.29 is 9.59 Å². The number of hydrogen-bond acceptors (Lipinski definition) is 6. The third-order valence-electron chi connectivity index (χ3n) is 4.78. The van der Waals surface area contributed by atoms with E-state index >= 15 is 0 Å². The van der Waals surface area contributed by atoms with E-state index in [1.807, 2.05) is 6.07 Å². The second-order valence-corrected chi connectivity index (χ2v) is 8.01. The summed E-state index contributed by atoms with van der Waals surface area (Å²) >= 11 is 1.22. The van der Waals surface area contributed by atoms with Gasteiger partial charge >= 0.3 is 0 Å². The molecule has 30 heavy (non-hydrogen) atoms. The first kappa shape index (κ1) is 18.3. The van der Waals surface area contributed by atoms with Gasteiger partial charge in [0, 0.05) is 5.92 Å². The second-order valence-electron chi connectivity index (χ2n) is 6.92. The molecule has 1 fully saturated rings. The molecule has 3 N–H and O–H groups in total. The Bertz CT molecular complexity index is 1330. The normalized spacial score (nSPS) is 13.3. The van der Waals surface area contributed by atoms with Crippen molar-refractivity contribution in [2.24, 2.45) is 5.92 Å². The molecule has 5 rings (SSSR count). The lowest BCUT2D eigenvalue weighted by Crippen LogP contribution is -2.13. The van der Waals surface area contributed by atoms with Crippen molar-refractivity contribution >= 4 is 44.9 Å². The maximum absolute atomic E-state index is 12.8. The molecule has 0 radical (unpaired) electrons. The summed E-state index contributed by atoms with van der Waals surface area (Å²) in [6.07, 6.45) is 4.59. The number of carbonyl (C=O) groups excluding carboxylic acids is 2. The number of H-pyrrole nitrogens is 1. The first-order valence-electron chi connectivity index (χ1n) is 9.33. The maximum atomic E-state index is 12.8. The molecule has 10 heteroatoms. The van der Waals surface area contributed by atoms with E-state index in [1.165, 1.54) is 28.5 Å². The number of nitrogens with zero attached hydrogens (tertiary/aromatic N) is 3. The van der Waals surface area contributed by atoms with Crippen LogP contribution in [0.3, 0.4) is 0 Å². The summed E-state index contributed by atoms with van der Waals surface area (Å²) < 4.78 is 1.51. The van der Waals surface area contributed by atoms with Gasteiger partial charge in [-0.15, -0.1) is 11.3 Å². The number of hydrogen-bond donors (Lipinski definition) is 3. The third-order valence-corrected chi connectivity index (χ3v) is 5.78. The Labute approximate surface area is 173 Å². The molecule has 9 nitrogen and oxygen atoms in total. The number of anilines is 2. The van der Waals surface area contributed by atoms with Gasteiger partial charge in [0.15, 0.2) is 5.65 Å². The van der Waals surface area contributed by atoms with Gasteiger partial charge in [0.05, 0.1) is 33.8 Å². The van der Waals surface area contributed by atoms with Gasteiger partial charge in [-0.3, -0.25) is 14.4 Å². The van der Waals surface area contributed by atoms with Crippen LogP contribution in [0.1, 0.15) is 22.5 Å². The fourth-order valence-corrected chi connectivity index (χ4v) is 3.88. The zero-order valence-corrected chi connectivity index (χ0v) is 16.4. The summed E-state index contributed by atoms with van der Waals surface area (Å²) in [5.41, 5.74) is 1.21. The smallest absolute Gasteiger partial charge is 0.265 e. The quantitative estimate of drug-likeness (QED) is 0.458. The molecule has 4 aromatic rings. The van der Waals surface area contributed by atoms with Gasteiger partial charge < -0.3 is 15.6 Å². The van der Waals surface area contributed by atoms with Crippen molar-refractivity contribution in [3.8, 4) is 5.69 Å². The van der Waals surface area contributed by atoms with E-state index in [-0.39, 0.29) is 23.3 Å². The number of aromatic nitrogens is 4. The molecule has 3 aromatic heterocycles. The van der Waals surface area contributed by atoms with Crippen LogP contribution in [0, 0.1) is 5.92 Å². The van der Waals surface area contributed by atoms with Gasteiger partial charge in [-0.2, -0.15) is 5.10 Å². The number of para-hydroxylation sites is 2. The first-order valence-corrected chi connectivity index (χ1v) is 10.1. The van der Waals surface area contributed by atoms with E-state index < -0.39 is 0 Å². The minimum absolute atomic E-state index is 0.00204. The molecule has 1 aliphatic rings. The predicted molar refractivity (Wildman–Crippen MR) is 113 cm³/mol. The van der Waals surface area contributed by atoms with Crippen LogP contribution >= 0.6 is 11.3 Å². The lowest BCUT2D eigenvalue weighted by molar-refractivity contribution is -0.117. The number of nitrogens with one attached hydrogen (secondary N) is 3. The van der Waals surface area contributed by atoms with E-state index in [4.69, 9.17) is 0 Å². The molecule has 1 saturated carbocycles. The first-order chi connectivity index (χ1) is 14.6. The Kier molecular flexibility index (Phi) is 4.40. The van der Waals surface area contributed by atoms with Gasteiger partial charge in [0.2, 0.25) is 5.91 Å². The Morgan fingerprint density at radius 3 is 2.80 bits per heavy atom. The van der Waals surface area contributed by atoms with Crippen LogP contribution in [0.2, 0.25) is 0 Å². The van der Waals surface area contributed by atoms with E-state index in [1.54, 1.807) is 30.3 Å². The Balaban J connectivity index is 1.41. The van der Waals surface area contributed by atoms with Crippen LogP contribution < -0.4 is 16.2 Å². The zero-order chi connectivity index (χ0) is 20.7. The number of thiophene rings is 1. The monoisotopic (exact) mass is 420 g/mol. The molecule has 1 aromatic carbocycles. The van der Waals surface area contributed by atoms with Gasteiger partial charge in [-0.1, -0.05) is 12.1 Å². The van der Waals surface area contributed by atoms with Crippen LogP contribution in [0.4, 0.5) is 10.7 Å². The van der Waals surface area contributed by atoms with Crippen molar-refractivity contribution in [3.05, 3.63) is 64.2 Å². The fraction of sp³-hybridized carbons (Fsp3) is 0.150. The summed E-state index contributed by atoms with van der Waals surface area (Å²) in [6, 6.07) is 10.5. The molecule has 1 aliphatic carbocycles. The highest BCUT2D eigenvalue weighted by Crippen LogP contribution is 2.32. The minimum Gasteiger partial charge on any atom is -0.319 e. The van der Waals surface area contributed by atoms with E-state index in [9.17, 15) is 14.4 Å². The van der Waals surface area contributed by atoms with Crippen molar-refractivity contribution in [2.75, 3.05) is 10.6 Å². The molecule has 0 aliphatic heterocycles. The van der Waals surface area contributed by atoms with Crippen LogP contribution in [0.5, 0.6) is 0 Å². The number of benzene rings is 1. The average molecular weight is 420 g/mol. The summed E-state index contributed by atoms with van der Waals surface area (Å²) in [7, 11) is 0. The maximum Gasteiger partial charge on any atom is 0.265 e. The molecule has 0 spiro atoms. The molecule has 0 saturated heterocycles.